The number of alkyl halides is 2. The smallest absolute Gasteiger partial charge is 0.261 e. The minimum atomic E-state index is -2.75. The molecule has 17 heavy (non-hydrogen) atoms. The van der Waals surface area contributed by atoms with E-state index in [2.05, 4.69) is 4.98 Å². The molecule has 2 heterocycles. The number of nitrogens with zero attached hydrogens (tertiary/aromatic N) is 2. The number of halogens is 3. The lowest BCUT2D eigenvalue weighted by molar-refractivity contribution is 0.0887. The fourth-order valence-corrected chi connectivity index (χ4v) is 2.30. The number of hydrogen-bond acceptors (Lipinski definition) is 2. The van der Waals surface area contributed by atoms with Gasteiger partial charge >= 0.3 is 0 Å². The molecular weight excluding hydrogens is 248 g/mol. The van der Waals surface area contributed by atoms with Crippen LogP contribution in [0.15, 0.2) is 24.5 Å². The number of nitrogens with two attached hydrogens (primary N) is 1. The summed E-state index contributed by atoms with van der Waals surface area (Å²) in [5.74, 6) is -2.75. The van der Waals surface area contributed by atoms with Crippen molar-refractivity contribution in [3.8, 4) is 0 Å². The first-order chi connectivity index (χ1) is 7.98. The number of pyridine rings is 1. The van der Waals surface area contributed by atoms with Crippen molar-refractivity contribution in [3.05, 3.63) is 35.2 Å². The predicted octanol–water partition coefficient (Wildman–Crippen LogP) is 2.22. The maximum atomic E-state index is 13.4. The molecule has 3 nitrogen and oxygen atoms in total. The fourth-order valence-electron chi connectivity index (χ4n) is 2.13. The molecule has 3 rings (SSSR count). The van der Waals surface area contributed by atoms with Crippen LogP contribution in [0.3, 0.4) is 0 Å². The first-order valence-electron chi connectivity index (χ1n) is 5.21. The van der Waals surface area contributed by atoms with Gasteiger partial charge in [-0.05, 0) is 12.1 Å². The van der Waals surface area contributed by atoms with Crippen LogP contribution in [-0.4, -0.2) is 21.9 Å². The Hall–Kier alpha value is -1.20. The average Bonchev–Trinajstić information content (AvgIpc) is 2.66. The molecule has 0 aliphatic heterocycles. The van der Waals surface area contributed by atoms with Gasteiger partial charge in [-0.3, -0.25) is 0 Å². The van der Waals surface area contributed by atoms with Gasteiger partial charge < -0.3 is 10.1 Å². The van der Waals surface area contributed by atoms with Crippen LogP contribution >= 0.6 is 11.6 Å². The summed E-state index contributed by atoms with van der Waals surface area (Å²) in [4.78, 5) is 4.20. The number of aromatic nitrogens is 2. The number of fused-ring (bicyclic) bond motifs is 1. The van der Waals surface area contributed by atoms with E-state index in [0.29, 0.717) is 16.4 Å². The second kappa shape index (κ2) is 3.17. The second-order valence-electron chi connectivity index (χ2n) is 4.41. The van der Waals surface area contributed by atoms with E-state index in [1.165, 1.54) is 0 Å². The van der Waals surface area contributed by atoms with E-state index in [0.717, 1.165) is 0 Å². The van der Waals surface area contributed by atoms with Gasteiger partial charge in [0.25, 0.3) is 5.92 Å². The fraction of sp³-hybridized carbons (Fsp3) is 0.364. The van der Waals surface area contributed by atoms with Crippen molar-refractivity contribution in [3.63, 3.8) is 0 Å². The minimum absolute atomic E-state index is 0.0996. The highest BCUT2D eigenvalue weighted by atomic mass is 35.5. The lowest BCUT2D eigenvalue weighted by Gasteiger charge is -2.09. The van der Waals surface area contributed by atoms with Crippen molar-refractivity contribution in [2.24, 2.45) is 5.73 Å². The third kappa shape index (κ3) is 1.39. The minimum Gasteiger partial charge on any atom is -0.329 e. The van der Waals surface area contributed by atoms with Crippen molar-refractivity contribution >= 4 is 17.2 Å². The molecule has 2 N–H and O–H groups in total. The Labute approximate surface area is 101 Å². The zero-order valence-electron chi connectivity index (χ0n) is 8.83. The van der Waals surface area contributed by atoms with Crippen molar-refractivity contribution in [1.82, 2.24) is 9.38 Å². The quantitative estimate of drug-likeness (QED) is 0.897. The molecule has 2 aromatic rings. The number of rotatable bonds is 2. The van der Waals surface area contributed by atoms with Crippen LogP contribution < -0.4 is 5.73 Å². The molecule has 1 aliphatic rings. The molecular formula is C11H10ClF2N3. The standard InChI is InChI=1S/C11H10ClF2N3/c12-7-1-2-9-16-8(4-17(9)3-7)10(6-15)5-11(10,13)14/h1-4H,5-6,15H2. The normalized spacial score (nSPS) is 26.4. The van der Waals surface area contributed by atoms with Crippen LogP contribution in [0.2, 0.25) is 5.02 Å². The maximum absolute atomic E-state index is 13.4. The summed E-state index contributed by atoms with van der Waals surface area (Å²) in [5.41, 5.74) is 5.12. The highest BCUT2D eigenvalue weighted by molar-refractivity contribution is 6.30. The van der Waals surface area contributed by atoms with Crippen LogP contribution in [0.5, 0.6) is 0 Å². The Bertz CT molecular complexity index is 595. The average molecular weight is 258 g/mol. The Morgan fingerprint density at radius 1 is 1.41 bits per heavy atom. The van der Waals surface area contributed by atoms with Gasteiger partial charge in [-0.1, -0.05) is 11.6 Å². The Morgan fingerprint density at radius 3 is 2.71 bits per heavy atom. The van der Waals surface area contributed by atoms with Crippen molar-refractivity contribution in [2.45, 2.75) is 17.8 Å². The lowest BCUT2D eigenvalue weighted by atomic mass is 10.0. The predicted molar refractivity (Wildman–Crippen MR) is 60.5 cm³/mol. The zero-order chi connectivity index (χ0) is 12.3. The van der Waals surface area contributed by atoms with Gasteiger partial charge in [-0.2, -0.15) is 0 Å². The van der Waals surface area contributed by atoms with Crippen LogP contribution in [-0.2, 0) is 5.41 Å². The van der Waals surface area contributed by atoms with Crippen LogP contribution in [0, 0.1) is 0 Å². The molecule has 1 atom stereocenters. The highest BCUT2D eigenvalue weighted by Crippen LogP contribution is 2.60. The topological polar surface area (TPSA) is 43.3 Å². The molecule has 1 aliphatic carbocycles. The molecule has 0 spiro atoms. The maximum Gasteiger partial charge on any atom is 0.261 e. The summed E-state index contributed by atoms with van der Waals surface area (Å²) in [6.07, 6.45) is 2.99. The summed E-state index contributed by atoms with van der Waals surface area (Å²) in [7, 11) is 0. The van der Waals surface area contributed by atoms with Gasteiger partial charge in [-0.15, -0.1) is 0 Å². The molecule has 1 unspecified atom stereocenters. The molecule has 2 aromatic heterocycles. The van der Waals surface area contributed by atoms with Crippen molar-refractivity contribution in [1.29, 1.82) is 0 Å². The van der Waals surface area contributed by atoms with Gasteiger partial charge in [0.1, 0.15) is 5.65 Å². The Morgan fingerprint density at radius 2 is 2.12 bits per heavy atom. The Balaban J connectivity index is 2.13. The summed E-state index contributed by atoms with van der Waals surface area (Å²) in [6, 6.07) is 3.37. The van der Waals surface area contributed by atoms with Gasteiger partial charge in [0.2, 0.25) is 0 Å². The summed E-state index contributed by atoms with van der Waals surface area (Å²) in [6.45, 7) is -0.0996. The molecule has 90 valence electrons. The summed E-state index contributed by atoms with van der Waals surface area (Å²) >= 11 is 5.83. The number of hydrogen-bond donors (Lipinski definition) is 1. The van der Waals surface area contributed by atoms with Crippen molar-refractivity contribution < 1.29 is 8.78 Å². The zero-order valence-corrected chi connectivity index (χ0v) is 9.59. The van der Waals surface area contributed by atoms with E-state index >= 15 is 0 Å². The SMILES string of the molecule is NCC1(c2cn3cc(Cl)ccc3n2)CC1(F)F. The van der Waals surface area contributed by atoms with E-state index in [1.807, 2.05) is 0 Å². The number of imidazole rings is 1. The van der Waals surface area contributed by atoms with Gasteiger partial charge in [0, 0.05) is 25.4 Å². The van der Waals surface area contributed by atoms with Gasteiger partial charge in [0.15, 0.2) is 0 Å². The second-order valence-corrected chi connectivity index (χ2v) is 4.84. The highest BCUT2D eigenvalue weighted by Gasteiger charge is 2.72. The summed E-state index contributed by atoms with van der Waals surface area (Å²) in [5, 5.41) is 0.533. The van der Waals surface area contributed by atoms with Crippen LogP contribution in [0.25, 0.3) is 5.65 Å². The van der Waals surface area contributed by atoms with Gasteiger partial charge in [-0.25, -0.2) is 13.8 Å². The van der Waals surface area contributed by atoms with E-state index in [-0.39, 0.29) is 13.0 Å². The Kier molecular flexibility index (Phi) is 2.04. The molecule has 6 heteroatoms. The van der Waals surface area contributed by atoms with E-state index in [9.17, 15) is 8.78 Å². The molecule has 0 radical (unpaired) electrons. The lowest BCUT2D eigenvalue weighted by Crippen LogP contribution is -2.27. The molecule has 0 bridgehead atoms. The van der Waals surface area contributed by atoms with Crippen molar-refractivity contribution in [2.75, 3.05) is 6.54 Å². The first kappa shape index (κ1) is 10.9. The van der Waals surface area contributed by atoms with E-state index in [4.69, 9.17) is 17.3 Å². The third-order valence-corrected chi connectivity index (χ3v) is 3.58. The summed E-state index contributed by atoms with van der Waals surface area (Å²) < 4.78 is 28.4. The molecule has 0 saturated heterocycles. The van der Waals surface area contributed by atoms with Gasteiger partial charge in [0.05, 0.1) is 16.1 Å². The van der Waals surface area contributed by atoms with Crippen LogP contribution in [0.1, 0.15) is 12.1 Å². The van der Waals surface area contributed by atoms with E-state index in [1.54, 1.807) is 28.9 Å². The first-order valence-corrected chi connectivity index (χ1v) is 5.59. The molecule has 0 amide bonds. The largest absolute Gasteiger partial charge is 0.329 e. The van der Waals surface area contributed by atoms with E-state index < -0.39 is 11.3 Å². The monoisotopic (exact) mass is 257 g/mol. The van der Waals surface area contributed by atoms with Crippen LogP contribution in [0.4, 0.5) is 8.78 Å². The third-order valence-electron chi connectivity index (χ3n) is 3.35. The molecule has 1 fully saturated rings. The molecule has 1 saturated carbocycles. The molecule has 0 aromatic carbocycles.